The average molecular weight is 796 g/mol. The zero-order valence-corrected chi connectivity index (χ0v) is 29.2. The van der Waals surface area contributed by atoms with E-state index in [1.807, 2.05) is 58.5 Å². The van der Waals surface area contributed by atoms with Gasteiger partial charge in [-0.05, 0) is 42.1 Å². The van der Waals surface area contributed by atoms with Crippen molar-refractivity contribution in [2.24, 2.45) is 0 Å². The maximum atomic E-state index is 11.0. The van der Waals surface area contributed by atoms with Gasteiger partial charge in [0.15, 0.2) is 0 Å². The molecule has 1 aromatic carbocycles. The van der Waals surface area contributed by atoms with E-state index in [1.165, 1.54) is 37.1 Å². The minimum Gasteiger partial charge on any atom is -0.542 e. The Hall–Kier alpha value is -1.32. The van der Waals surface area contributed by atoms with Crippen LogP contribution < -0.4 is 14.9 Å². The van der Waals surface area contributed by atoms with E-state index in [-0.39, 0.29) is 31.1 Å². The van der Waals surface area contributed by atoms with Gasteiger partial charge in [0.1, 0.15) is 12.8 Å². The minimum absolute atomic E-state index is 0. The third kappa shape index (κ3) is 12.0. The second kappa shape index (κ2) is 19.7. The molecular formula is C28H41N6O2S2U+. The molecule has 39 heavy (non-hydrogen) atoms. The van der Waals surface area contributed by atoms with Crippen molar-refractivity contribution in [1.82, 2.24) is 24.5 Å². The van der Waals surface area contributed by atoms with Gasteiger partial charge in [-0.2, -0.15) is 25.5 Å². The molecule has 3 N–H and O–H groups in total. The maximum Gasteiger partial charge on any atom is 2.00 e. The molecule has 210 valence electrons. The van der Waals surface area contributed by atoms with Crippen LogP contribution in [0, 0.1) is 37.5 Å². The standard InChI is InChI=1S/C21H27N6OS2.C4H7O.C3H7.U/c1-2-25-27(28,29)18-13-16(26-21-22-11-6-12-23-21)9-10-17(18)19-14-24-20(30-19)15-7-4-3-5-8-15;1-2-3-4-5;1-3-2;/h6,9-15,25,28-29H,2-5,7-8H2,1H3,(H,22,23,26);2-3H2,1H3;3H,1-2H3;/q+1;2*-1;+2. The number of anilines is 2. The van der Waals surface area contributed by atoms with Crippen molar-refractivity contribution in [2.75, 3.05) is 11.9 Å². The molecule has 11 heteroatoms. The zero-order valence-electron chi connectivity index (χ0n) is 23.4. The summed E-state index contributed by atoms with van der Waals surface area (Å²) in [6.07, 6.45) is 16.9. The number of thiazole rings is 1. The Morgan fingerprint density at radius 3 is 2.38 bits per heavy atom. The Balaban J connectivity index is 0.000000749. The summed E-state index contributed by atoms with van der Waals surface area (Å²) in [5.41, 5.74) is 5.26. The van der Waals surface area contributed by atoms with E-state index in [0.29, 0.717) is 30.5 Å². The number of thiol groups is 1. The molecule has 0 spiro atoms. The quantitative estimate of drug-likeness (QED) is 0.0768. The zero-order chi connectivity index (χ0) is 27.8. The molecule has 2 heterocycles. The van der Waals surface area contributed by atoms with Crippen molar-refractivity contribution >= 4 is 47.8 Å². The molecular weight excluding hydrogens is 755 g/mol. The average Bonchev–Trinajstić information content (AvgIpc) is 3.41. The van der Waals surface area contributed by atoms with E-state index < -0.39 is 4.16 Å². The van der Waals surface area contributed by atoms with Gasteiger partial charge in [-0.3, -0.25) is 6.29 Å². The molecule has 2 aromatic heterocycles. The van der Waals surface area contributed by atoms with Crippen LogP contribution >= 0.6 is 24.2 Å². The molecule has 3 aromatic rings. The molecule has 1 aliphatic rings. The van der Waals surface area contributed by atoms with Gasteiger partial charge in [-0.1, -0.05) is 32.6 Å². The fourth-order valence-corrected chi connectivity index (χ4v) is 5.35. The molecule has 4 rings (SSSR count). The topological polar surface area (TPSA) is 100 Å². The number of benzene rings is 1. The smallest absolute Gasteiger partial charge is 0.542 e. The summed E-state index contributed by atoms with van der Waals surface area (Å²) >= 11 is 6.18. The van der Waals surface area contributed by atoms with E-state index in [0.717, 1.165) is 22.5 Å². The van der Waals surface area contributed by atoms with Gasteiger partial charge in [0, 0.05) is 42.8 Å². The number of quaternary nitrogens is 1. The molecule has 1 aliphatic carbocycles. The van der Waals surface area contributed by atoms with E-state index in [2.05, 4.69) is 33.5 Å². The SMILES string of the molecule is CCC[C-]=O.CCN[N+](O)(S)c1cc(Nc2ncccn2)ccc1-c1cnc(C2CCCCC2)s1.C[CH-]C.[U+2]. The van der Waals surface area contributed by atoms with Crippen LogP contribution in [0.5, 0.6) is 0 Å². The number of carbonyl (C=O) groups excluding carboxylic acids is 1. The second-order valence-corrected chi connectivity index (χ2v) is 10.6. The molecule has 1 fully saturated rings. The third-order valence-corrected chi connectivity index (χ3v) is 7.18. The number of hydrogen-bond donors (Lipinski definition) is 4. The summed E-state index contributed by atoms with van der Waals surface area (Å²) < 4.78 is -0.729. The van der Waals surface area contributed by atoms with Crippen LogP contribution in [0.25, 0.3) is 10.4 Å². The Morgan fingerprint density at radius 2 is 1.82 bits per heavy atom. The molecule has 0 saturated heterocycles. The van der Waals surface area contributed by atoms with Gasteiger partial charge in [0.05, 0.1) is 15.4 Å². The number of aromatic nitrogens is 3. The number of hydrogen-bond acceptors (Lipinski definition) is 9. The second-order valence-electron chi connectivity index (χ2n) is 8.91. The Morgan fingerprint density at radius 1 is 1.15 bits per heavy atom. The van der Waals surface area contributed by atoms with Crippen LogP contribution in [0.1, 0.15) is 83.6 Å². The van der Waals surface area contributed by atoms with Crippen molar-refractivity contribution in [1.29, 1.82) is 0 Å². The van der Waals surface area contributed by atoms with Crippen LogP contribution in [-0.4, -0.2) is 33.0 Å². The van der Waals surface area contributed by atoms with Gasteiger partial charge < -0.3 is 16.5 Å². The molecule has 1 atom stereocenters. The van der Waals surface area contributed by atoms with Crippen LogP contribution in [0.4, 0.5) is 17.3 Å². The van der Waals surface area contributed by atoms with Crippen molar-refractivity contribution in [2.45, 2.75) is 78.6 Å². The third-order valence-electron chi connectivity index (χ3n) is 5.63. The normalized spacial score (nSPS) is 14.4. The summed E-state index contributed by atoms with van der Waals surface area (Å²) in [4.78, 5) is 23.4. The first-order chi connectivity index (χ1) is 18.4. The van der Waals surface area contributed by atoms with Crippen LogP contribution in [0.3, 0.4) is 0 Å². The number of unbranched alkanes of at least 4 members (excludes halogenated alkanes) is 1. The summed E-state index contributed by atoms with van der Waals surface area (Å²) in [5.74, 6) is 1.04. The number of rotatable bonds is 9. The van der Waals surface area contributed by atoms with Crippen LogP contribution in [-0.2, 0) is 4.79 Å². The van der Waals surface area contributed by atoms with Gasteiger partial charge >= 0.3 is 31.1 Å². The van der Waals surface area contributed by atoms with Crippen LogP contribution in [0.2, 0.25) is 0 Å². The summed E-state index contributed by atoms with van der Waals surface area (Å²) in [6.45, 7) is 8.42. The number of nitrogens with zero attached hydrogens (tertiary/aromatic N) is 4. The fraction of sp³-hybridized carbons (Fsp3) is 0.464. The monoisotopic (exact) mass is 795 g/mol. The summed E-state index contributed by atoms with van der Waals surface area (Å²) in [6, 6.07) is 7.56. The van der Waals surface area contributed by atoms with Gasteiger partial charge in [-0.25, -0.2) is 15.0 Å². The summed E-state index contributed by atoms with van der Waals surface area (Å²) in [5, 5.41) is 15.4. The predicted molar refractivity (Wildman–Crippen MR) is 161 cm³/mol. The first kappa shape index (κ1) is 35.7. The van der Waals surface area contributed by atoms with Crippen molar-refractivity contribution in [3.8, 4) is 10.4 Å². The van der Waals surface area contributed by atoms with E-state index >= 15 is 0 Å². The maximum absolute atomic E-state index is 11.0. The first-order valence-corrected chi connectivity index (χ1v) is 14.4. The first-order valence-electron chi connectivity index (χ1n) is 13.2. The molecule has 0 bridgehead atoms. The Bertz CT molecular complexity index is 1080. The van der Waals surface area contributed by atoms with Crippen LogP contribution in [0.15, 0.2) is 42.9 Å². The molecule has 1 unspecified atom stereocenters. The van der Waals surface area contributed by atoms with Gasteiger partial charge in [-0.15, -0.1) is 16.8 Å². The van der Waals surface area contributed by atoms with Gasteiger partial charge in [0.25, 0.3) is 0 Å². The predicted octanol–water partition coefficient (Wildman–Crippen LogP) is 7.58. The van der Waals surface area contributed by atoms with E-state index in [1.54, 1.807) is 36.1 Å². The molecule has 8 nitrogen and oxygen atoms in total. The Labute approximate surface area is 266 Å². The molecule has 1 saturated carbocycles. The summed E-state index contributed by atoms with van der Waals surface area (Å²) in [7, 11) is 0. The number of nitrogens with one attached hydrogen (secondary N) is 2. The Kier molecular flexibility index (Phi) is 18.0. The van der Waals surface area contributed by atoms with E-state index in [9.17, 15) is 10.0 Å². The van der Waals surface area contributed by atoms with Crippen molar-refractivity contribution in [3.05, 3.63) is 54.3 Å². The largest absolute Gasteiger partial charge is 2.00 e. The molecule has 0 amide bonds. The van der Waals surface area contributed by atoms with Gasteiger partial charge in [0.2, 0.25) is 11.6 Å². The van der Waals surface area contributed by atoms with Crippen molar-refractivity contribution in [3.63, 3.8) is 0 Å². The van der Waals surface area contributed by atoms with Crippen molar-refractivity contribution < 1.29 is 41.1 Å². The molecule has 0 radical (unpaired) electrons. The minimum atomic E-state index is -0.729. The van der Waals surface area contributed by atoms with E-state index in [4.69, 9.17) is 4.98 Å². The molecule has 0 aliphatic heterocycles. The fourth-order valence-electron chi connectivity index (χ4n) is 3.93.